The molecule has 0 heterocycles. The summed E-state index contributed by atoms with van der Waals surface area (Å²) in [5.41, 5.74) is 1.88. The van der Waals surface area contributed by atoms with E-state index >= 15 is 0 Å². The molecular formula is C16H24O2. The van der Waals surface area contributed by atoms with Crippen molar-refractivity contribution in [2.45, 2.75) is 47.0 Å². The molecule has 0 saturated heterocycles. The summed E-state index contributed by atoms with van der Waals surface area (Å²) in [5, 5.41) is 8.91. The van der Waals surface area contributed by atoms with Crippen molar-refractivity contribution >= 4 is 5.97 Å². The Kier molecular flexibility index (Phi) is 4.55. The first-order valence-electron chi connectivity index (χ1n) is 6.54. The van der Waals surface area contributed by atoms with E-state index in [-0.39, 0.29) is 5.41 Å². The third kappa shape index (κ3) is 4.17. The van der Waals surface area contributed by atoms with Crippen LogP contribution in [0.3, 0.4) is 0 Å². The molecule has 0 aliphatic rings. The van der Waals surface area contributed by atoms with Crippen LogP contribution < -0.4 is 0 Å². The molecule has 1 N–H and O–H groups in total. The molecule has 1 aromatic carbocycles. The standard InChI is InChI=1S/C16H24O2/c1-11(2)14(10-16(3,4)5)12-6-8-13(9-7-12)15(17)18/h6-9,11,14H,10H2,1-5H3,(H,17,18). The van der Waals surface area contributed by atoms with E-state index in [4.69, 9.17) is 5.11 Å². The highest BCUT2D eigenvalue weighted by Crippen LogP contribution is 2.36. The predicted molar refractivity (Wildman–Crippen MR) is 75.1 cm³/mol. The molecule has 0 radical (unpaired) electrons. The lowest BCUT2D eigenvalue weighted by Gasteiger charge is -2.29. The Morgan fingerprint density at radius 3 is 2.00 bits per heavy atom. The van der Waals surface area contributed by atoms with Gasteiger partial charge in [-0.15, -0.1) is 0 Å². The first kappa shape index (κ1) is 14.7. The number of aromatic carboxylic acids is 1. The zero-order chi connectivity index (χ0) is 13.9. The smallest absolute Gasteiger partial charge is 0.335 e. The minimum Gasteiger partial charge on any atom is -0.478 e. The van der Waals surface area contributed by atoms with Gasteiger partial charge in [-0.2, -0.15) is 0 Å². The highest BCUT2D eigenvalue weighted by Gasteiger charge is 2.23. The molecule has 1 aromatic rings. The molecular weight excluding hydrogens is 224 g/mol. The number of carboxylic acids is 1. The van der Waals surface area contributed by atoms with E-state index in [2.05, 4.69) is 34.6 Å². The van der Waals surface area contributed by atoms with Gasteiger partial charge in [0.05, 0.1) is 5.56 Å². The van der Waals surface area contributed by atoms with Crippen molar-refractivity contribution in [3.05, 3.63) is 35.4 Å². The Balaban J connectivity index is 2.96. The highest BCUT2D eigenvalue weighted by atomic mass is 16.4. The number of rotatable bonds is 4. The molecule has 0 spiro atoms. The van der Waals surface area contributed by atoms with Gasteiger partial charge in [0, 0.05) is 0 Å². The van der Waals surface area contributed by atoms with Gasteiger partial charge >= 0.3 is 5.97 Å². The Labute approximate surface area is 110 Å². The SMILES string of the molecule is CC(C)C(CC(C)(C)C)c1ccc(C(=O)O)cc1. The quantitative estimate of drug-likeness (QED) is 0.848. The molecule has 18 heavy (non-hydrogen) atoms. The van der Waals surface area contributed by atoms with E-state index in [1.54, 1.807) is 12.1 Å². The Morgan fingerprint density at radius 1 is 1.17 bits per heavy atom. The summed E-state index contributed by atoms with van der Waals surface area (Å²) < 4.78 is 0. The summed E-state index contributed by atoms with van der Waals surface area (Å²) in [6.07, 6.45) is 1.11. The summed E-state index contributed by atoms with van der Waals surface area (Å²) in [6.45, 7) is 11.2. The fraction of sp³-hybridized carbons (Fsp3) is 0.562. The molecule has 1 rings (SSSR count). The third-order valence-corrected chi connectivity index (χ3v) is 3.22. The van der Waals surface area contributed by atoms with Gasteiger partial charge in [-0.3, -0.25) is 0 Å². The van der Waals surface area contributed by atoms with Gasteiger partial charge in [0.1, 0.15) is 0 Å². The average Bonchev–Trinajstić information content (AvgIpc) is 2.24. The van der Waals surface area contributed by atoms with Crippen molar-refractivity contribution < 1.29 is 9.90 Å². The second kappa shape index (κ2) is 5.55. The van der Waals surface area contributed by atoms with Crippen LogP contribution in [0.4, 0.5) is 0 Å². The fourth-order valence-corrected chi connectivity index (χ4v) is 2.27. The van der Waals surface area contributed by atoms with Crippen LogP contribution in [0.15, 0.2) is 24.3 Å². The average molecular weight is 248 g/mol. The van der Waals surface area contributed by atoms with Crippen molar-refractivity contribution in [1.82, 2.24) is 0 Å². The largest absolute Gasteiger partial charge is 0.478 e. The van der Waals surface area contributed by atoms with Crippen LogP contribution in [0.2, 0.25) is 0 Å². The van der Waals surface area contributed by atoms with Crippen molar-refractivity contribution in [1.29, 1.82) is 0 Å². The van der Waals surface area contributed by atoms with Crippen molar-refractivity contribution in [3.8, 4) is 0 Å². The Morgan fingerprint density at radius 2 is 1.67 bits per heavy atom. The van der Waals surface area contributed by atoms with Crippen LogP contribution in [-0.4, -0.2) is 11.1 Å². The number of carboxylic acid groups (broad SMARTS) is 1. The van der Waals surface area contributed by atoms with Gasteiger partial charge < -0.3 is 5.11 Å². The normalized spacial score (nSPS) is 13.7. The van der Waals surface area contributed by atoms with Crippen molar-refractivity contribution in [3.63, 3.8) is 0 Å². The summed E-state index contributed by atoms with van der Waals surface area (Å²) in [6, 6.07) is 7.32. The number of hydrogen-bond donors (Lipinski definition) is 1. The van der Waals surface area contributed by atoms with Gasteiger partial charge in [0.2, 0.25) is 0 Å². The van der Waals surface area contributed by atoms with Crippen LogP contribution in [0.1, 0.15) is 62.9 Å². The molecule has 0 bridgehead atoms. The van der Waals surface area contributed by atoms with Gasteiger partial charge in [0.25, 0.3) is 0 Å². The number of benzene rings is 1. The summed E-state index contributed by atoms with van der Waals surface area (Å²) >= 11 is 0. The molecule has 0 amide bonds. The monoisotopic (exact) mass is 248 g/mol. The third-order valence-electron chi connectivity index (χ3n) is 3.22. The van der Waals surface area contributed by atoms with Gasteiger partial charge in [-0.1, -0.05) is 46.8 Å². The number of hydrogen-bond acceptors (Lipinski definition) is 1. The zero-order valence-corrected chi connectivity index (χ0v) is 12.0. The van der Waals surface area contributed by atoms with Gasteiger partial charge in [-0.25, -0.2) is 4.79 Å². The maximum Gasteiger partial charge on any atom is 0.335 e. The van der Waals surface area contributed by atoms with Crippen LogP contribution in [-0.2, 0) is 0 Å². The molecule has 2 heteroatoms. The van der Waals surface area contributed by atoms with Crippen LogP contribution >= 0.6 is 0 Å². The minimum absolute atomic E-state index is 0.278. The lowest BCUT2D eigenvalue weighted by atomic mass is 9.76. The van der Waals surface area contributed by atoms with E-state index in [0.29, 0.717) is 17.4 Å². The lowest BCUT2D eigenvalue weighted by Crippen LogP contribution is -2.16. The molecule has 1 unspecified atom stereocenters. The zero-order valence-electron chi connectivity index (χ0n) is 12.0. The van der Waals surface area contributed by atoms with Crippen LogP contribution in [0.5, 0.6) is 0 Å². The summed E-state index contributed by atoms with van der Waals surface area (Å²) in [7, 11) is 0. The molecule has 100 valence electrons. The maximum atomic E-state index is 10.8. The lowest BCUT2D eigenvalue weighted by molar-refractivity contribution is 0.0697. The molecule has 0 aliphatic carbocycles. The van der Waals surface area contributed by atoms with E-state index in [9.17, 15) is 4.79 Å². The fourth-order valence-electron chi connectivity index (χ4n) is 2.27. The first-order chi connectivity index (χ1) is 8.20. The predicted octanol–water partition coefficient (Wildman–Crippen LogP) is 4.56. The van der Waals surface area contributed by atoms with E-state index in [1.807, 2.05) is 12.1 Å². The minimum atomic E-state index is -0.863. The second-order valence-corrected chi connectivity index (χ2v) is 6.54. The van der Waals surface area contributed by atoms with E-state index < -0.39 is 5.97 Å². The number of carbonyl (C=O) groups is 1. The van der Waals surface area contributed by atoms with Gasteiger partial charge in [0.15, 0.2) is 0 Å². The Hall–Kier alpha value is -1.31. The van der Waals surface area contributed by atoms with E-state index in [1.165, 1.54) is 5.56 Å². The van der Waals surface area contributed by atoms with Crippen LogP contribution in [0.25, 0.3) is 0 Å². The molecule has 0 fully saturated rings. The second-order valence-electron chi connectivity index (χ2n) is 6.54. The molecule has 1 atom stereocenters. The topological polar surface area (TPSA) is 37.3 Å². The Bertz CT molecular complexity index is 396. The van der Waals surface area contributed by atoms with Crippen molar-refractivity contribution in [2.24, 2.45) is 11.3 Å². The maximum absolute atomic E-state index is 10.8. The van der Waals surface area contributed by atoms with Crippen molar-refractivity contribution in [2.75, 3.05) is 0 Å². The molecule has 2 nitrogen and oxygen atoms in total. The molecule has 0 aliphatic heterocycles. The highest BCUT2D eigenvalue weighted by molar-refractivity contribution is 5.87. The molecule has 0 saturated carbocycles. The van der Waals surface area contributed by atoms with E-state index in [0.717, 1.165) is 6.42 Å². The van der Waals surface area contributed by atoms with Crippen LogP contribution in [0, 0.1) is 11.3 Å². The summed E-state index contributed by atoms with van der Waals surface area (Å²) in [5.74, 6) is 0.172. The van der Waals surface area contributed by atoms with Gasteiger partial charge in [-0.05, 0) is 41.4 Å². The summed E-state index contributed by atoms with van der Waals surface area (Å²) in [4.78, 5) is 10.8. The first-order valence-corrected chi connectivity index (χ1v) is 6.54. The molecule has 0 aromatic heterocycles.